The maximum Gasteiger partial charge on any atom is 0.0508 e. The van der Waals surface area contributed by atoms with Gasteiger partial charge in [0.25, 0.3) is 0 Å². The third-order valence-electron chi connectivity index (χ3n) is 1.32. The van der Waals surface area contributed by atoms with Gasteiger partial charge in [-0.1, -0.05) is 13.8 Å². The number of hydrogen-bond acceptors (Lipinski definition) is 2. The molecule has 0 radical (unpaired) electrons. The van der Waals surface area contributed by atoms with Crippen LogP contribution in [0.25, 0.3) is 0 Å². The van der Waals surface area contributed by atoms with Gasteiger partial charge in [0.2, 0.25) is 0 Å². The highest BCUT2D eigenvalue weighted by Crippen LogP contribution is 2.24. The van der Waals surface area contributed by atoms with Crippen LogP contribution < -0.4 is 0 Å². The molecule has 1 nitrogen and oxygen atoms in total. The fourth-order valence-electron chi connectivity index (χ4n) is 0.848. The Balaban J connectivity index is 2.78. The van der Waals surface area contributed by atoms with Crippen LogP contribution in [-0.4, -0.2) is 10.2 Å². The van der Waals surface area contributed by atoms with Gasteiger partial charge in [0, 0.05) is 16.3 Å². The van der Waals surface area contributed by atoms with Gasteiger partial charge in [-0.05, 0) is 19.1 Å². The van der Waals surface area contributed by atoms with Crippen molar-refractivity contribution in [3.05, 3.63) is 24.0 Å². The molecule has 0 aliphatic carbocycles. The van der Waals surface area contributed by atoms with Gasteiger partial charge in [-0.15, -0.1) is 11.8 Å². The molecule has 0 fully saturated rings. The molecule has 0 aliphatic heterocycles. The zero-order valence-corrected chi connectivity index (χ0v) is 7.98. The summed E-state index contributed by atoms with van der Waals surface area (Å²) in [5.74, 6) is 0. The van der Waals surface area contributed by atoms with Crippen LogP contribution in [0.4, 0.5) is 0 Å². The van der Waals surface area contributed by atoms with E-state index in [2.05, 4.69) is 24.9 Å². The SMILES string of the molecule is Cc1ncccc1SC(C)C. The van der Waals surface area contributed by atoms with E-state index in [1.54, 1.807) is 0 Å². The number of nitrogens with zero attached hydrogens (tertiary/aromatic N) is 1. The van der Waals surface area contributed by atoms with Crippen LogP contribution >= 0.6 is 11.8 Å². The van der Waals surface area contributed by atoms with Gasteiger partial charge in [0.15, 0.2) is 0 Å². The summed E-state index contributed by atoms with van der Waals surface area (Å²) in [6.45, 7) is 6.43. The van der Waals surface area contributed by atoms with Crippen LogP contribution in [0.1, 0.15) is 19.5 Å². The van der Waals surface area contributed by atoms with Gasteiger partial charge in [-0.3, -0.25) is 4.98 Å². The Kier molecular flexibility index (Phi) is 2.94. The number of aryl methyl sites for hydroxylation is 1. The Morgan fingerprint density at radius 1 is 1.45 bits per heavy atom. The minimum absolute atomic E-state index is 0.637. The van der Waals surface area contributed by atoms with Crippen LogP contribution in [-0.2, 0) is 0 Å². The number of rotatable bonds is 2. The van der Waals surface area contributed by atoms with Gasteiger partial charge in [-0.25, -0.2) is 0 Å². The predicted octanol–water partition coefficient (Wildman–Crippen LogP) is 2.89. The second kappa shape index (κ2) is 3.77. The van der Waals surface area contributed by atoms with Crippen LogP contribution in [0.15, 0.2) is 23.2 Å². The van der Waals surface area contributed by atoms with E-state index in [1.807, 2.05) is 30.9 Å². The Morgan fingerprint density at radius 2 is 2.18 bits per heavy atom. The zero-order valence-electron chi connectivity index (χ0n) is 7.16. The molecule has 0 aromatic carbocycles. The lowest BCUT2D eigenvalue weighted by atomic mass is 10.4. The zero-order chi connectivity index (χ0) is 8.27. The van der Waals surface area contributed by atoms with E-state index < -0.39 is 0 Å². The Morgan fingerprint density at radius 3 is 2.73 bits per heavy atom. The van der Waals surface area contributed by atoms with Gasteiger partial charge in [0.05, 0.1) is 5.69 Å². The first-order chi connectivity index (χ1) is 5.20. The highest BCUT2D eigenvalue weighted by Gasteiger charge is 2.00. The van der Waals surface area contributed by atoms with Crippen molar-refractivity contribution in [1.29, 1.82) is 0 Å². The van der Waals surface area contributed by atoms with Crippen LogP contribution in [0.5, 0.6) is 0 Å². The van der Waals surface area contributed by atoms with E-state index in [1.165, 1.54) is 4.90 Å². The Hall–Kier alpha value is -0.500. The molecule has 0 bridgehead atoms. The smallest absolute Gasteiger partial charge is 0.0508 e. The van der Waals surface area contributed by atoms with E-state index >= 15 is 0 Å². The number of aromatic nitrogens is 1. The van der Waals surface area contributed by atoms with Crippen LogP contribution in [0.3, 0.4) is 0 Å². The fourth-order valence-corrected chi connectivity index (χ4v) is 1.74. The van der Waals surface area contributed by atoms with Crippen molar-refractivity contribution in [3.63, 3.8) is 0 Å². The summed E-state index contributed by atoms with van der Waals surface area (Å²) in [4.78, 5) is 5.51. The van der Waals surface area contributed by atoms with E-state index in [-0.39, 0.29) is 0 Å². The third-order valence-corrected chi connectivity index (χ3v) is 2.48. The number of thioether (sulfide) groups is 1. The molecule has 0 saturated heterocycles. The molecule has 0 atom stereocenters. The Bertz CT molecular complexity index is 233. The molecule has 1 aromatic rings. The first-order valence-corrected chi connectivity index (χ1v) is 4.66. The van der Waals surface area contributed by atoms with E-state index in [4.69, 9.17) is 0 Å². The maximum absolute atomic E-state index is 4.21. The largest absolute Gasteiger partial charge is 0.260 e. The molecule has 0 amide bonds. The molecule has 1 aromatic heterocycles. The quantitative estimate of drug-likeness (QED) is 0.628. The average Bonchev–Trinajstić information content (AvgIpc) is 1.93. The van der Waals surface area contributed by atoms with Crippen LogP contribution in [0.2, 0.25) is 0 Å². The lowest BCUT2D eigenvalue weighted by Crippen LogP contribution is -1.89. The minimum Gasteiger partial charge on any atom is -0.260 e. The van der Waals surface area contributed by atoms with Crippen molar-refractivity contribution in [3.8, 4) is 0 Å². The van der Waals surface area contributed by atoms with Gasteiger partial charge < -0.3 is 0 Å². The molecule has 0 unspecified atom stereocenters. The molecular weight excluding hydrogens is 154 g/mol. The molecule has 1 heterocycles. The summed E-state index contributed by atoms with van der Waals surface area (Å²) < 4.78 is 0. The molecule has 0 saturated carbocycles. The number of pyridine rings is 1. The summed E-state index contributed by atoms with van der Waals surface area (Å²) in [5, 5.41) is 0.637. The van der Waals surface area contributed by atoms with E-state index in [9.17, 15) is 0 Å². The average molecular weight is 167 g/mol. The molecule has 0 spiro atoms. The first kappa shape index (κ1) is 8.60. The summed E-state index contributed by atoms with van der Waals surface area (Å²) in [6, 6.07) is 4.10. The molecule has 60 valence electrons. The van der Waals surface area contributed by atoms with Gasteiger partial charge in [-0.2, -0.15) is 0 Å². The van der Waals surface area contributed by atoms with Crippen molar-refractivity contribution >= 4 is 11.8 Å². The van der Waals surface area contributed by atoms with Crippen molar-refractivity contribution < 1.29 is 0 Å². The molecule has 0 N–H and O–H groups in total. The monoisotopic (exact) mass is 167 g/mol. The lowest BCUT2D eigenvalue weighted by molar-refractivity contribution is 1.07. The van der Waals surface area contributed by atoms with Crippen molar-refractivity contribution in [2.75, 3.05) is 0 Å². The lowest BCUT2D eigenvalue weighted by Gasteiger charge is -2.05. The molecule has 1 rings (SSSR count). The molecule has 2 heteroatoms. The second-order valence-corrected chi connectivity index (χ2v) is 4.37. The summed E-state index contributed by atoms with van der Waals surface area (Å²) >= 11 is 1.86. The third kappa shape index (κ3) is 2.54. The van der Waals surface area contributed by atoms with Crippen molar-refractivity contribution in [2.24, 2.45) is 0 Å². The molecule has 0 aliphatic rings. The number of hydrogen-bond donors (Lipinski definition) is 0. The highest BCUT2D eigenvalue weighted by molar-refractivity contribution is 8.00. The van der Waals surface area contributed by atoms with E-state index in [0.29, 0.717) is 5.25 Å². The fraction of sp³-hybridized carbons (Fsp3) is 0.444. The standard InChI is InChI=1S/C9H13NS/c1-7(2)11-9-5-4-6-10-8(9)3/h4-7H,1-3H3. The molecule has 11 heavy (non-hydrogen) atoms. The van der Waals surface area contributed by atoms with Gasteiger partial charge in [0.1, 0.15) is 0 Å². The van der Waals surface area contributed by atoms with Crippen LogP contribution in [0, 0.1) is 6.92 Å². The topological polar surface area (TPSA) is 12.9 Å². The van der Waals surface area contributed by atoms with Crippen molar-refractivity contribution in [1.82, 2.24) is 4.98 Å². The predicted molar refractivity (Wildman–Crippen MR) is 50.0 cm³/mol. The van der Waals surface area contributed by atoms with E-state index in [0.717, 1.165) is 5.69 Å². The summed E-state index contributed by atoms with van der Waals surface area (Å²) in [6.07, 6.45) is 1.83. The van der Waals surface area contributed by atoms with Gasteiger partial charge >= 0.3 is 0 Å². The normalized spacial score (nSPS) is 10.5. The Labute approximate surface area is 72.2 Å². The van der Waals surface area contributed by atoms with Crippen molar-refractivity contribution in [2.45, 2.75) is 30.9 Å². The summed E-state index contributed by atoms with van der Waals surface area (Å²) in [5.41, 5.74) is 1.13. The molecular formula is C9H13NS. The first-order valence-electron chi connectivity index (χ1n) is 3.78. The highest BCUT2D eigenvalue weighted by atomic mass is 32.2. The second-order valence-electron chi connectivity index (χ2n) is 2.75. The minimum atomic E-state index is 0.637. The summed E-state index contributed by atoms with van der Waals surface area (Å²) in [7, 11) is 0. The maximum atomic E-state index is 4.21.